The molecule has 4 N–H and O–H groups in total. The highest BCUT2D eigenvalue weighted by Crippen LogP contribution is 2.25. The van der Waals surface area contributed by atoms with E-state index in [9.17, 15) is 9.59 Å². The van der Waals surface area contributed by atoms with Gasteiger partial charge in [-0.25, -0.2) is 0 Å². The van der Waals surface area contributed by atoms with E-state index in [1.165, 1.54) is 0 Å². The minimum Gasteiger partial charge on any atom is -0.497 e. The Balaban J connectivity index is 0.000000321. The van der Waals surface area contributed by atoms with E-state index in [2.05, 4.69) is 0 Å². The van der Waals surface area contributed by atoms with E-state index in [0.717, 1.165) is 41.3 Å². The molecule has 0 bridgehead atoms. The molecule has 0 aromatic heterocycles. The fourth-order valence-electron chi connectivity index (χ4n) is 2.38. The van der Waals surface area contributed by atoms with Crippen molar-refractivity contribution in [1.82, 2.24) is 0 Å². The van der Waals surface area contributed by atoms with Crippen molar-refractivity contribution in [3.8, 4) is 5.75 Å². The molecule has 1 atom stereocenters. The van der Waals surface area contributed by atoms with Gasteiger partial charge in [-0.3, -0.25) is 9.59 Å². The maximum atomic E-state index is 10.9. The predicted octanol–water partition coefficient (Wildman–Crippen LogP) is 3.63. The zero-order chi connectivity index (χ0) is 19.5. The number of carboxylic acid groups (broad SMARTS) is 2. The zero-order valence-corrected chi connectivity index (χ0v) is 15.3. The van der Waals surface area contributed by atoms with Gasteiger partial charge in [-0.05, 0) is 54.8 Å². The van der Waals surface area contributed by atoms with Crippen LogP contribution in [0.15, 0.2) is 36.4 Å². The Morgan fingerprint density at radius 2 is 1.69 bits per heavy atom. The Kier molecular flexibility index (Phi) is 9.15. The van der Waals surface area contributed by atoms with Crippen LogP contribution in [0, 0.1) is 0 Å². The third-order valence-corrected chi connectivity index (χ3v) is 4.04. The SMILES string of the molecule is COc1ccc2cc([C@H](C)C(=O)O)ccc2c1.NCCCCCC(=O)O. The number of ether oxygens (including phenoxy) is 1. The molecule has 2 rings (SSSR count). The number of benzene rings is 2. The summed E-state index contributed by atoms with van der Waals surface area (Å²) in [6.45, 7) is 2.35. The van der Waals surface area contributed by atoms with E-state index in [1.54, 1.807) is 14.0 Å². The van der Waals surface area contributed by atoms with Crippen LogP contribution in [-0.2, 0) is 9.59 Å². The molecule has 6 heteroatoms. The number of fused-ring (bicyclic) bond motifs is 1. The maximum absolute atomic E-state index is 10.9. The van der Waals surface area contributed by atoms with Gasteiger partial charge in [-0.15, -0.1) is 0 Å². The van der Waals surface area contributed by atoms with Crippen molar-refractivity contribution in [3.05, 3.63) is 42.0 Å². The van der Waals surface area contributed by atoms with Crippen molar-refractivity contribution in [3.63, 3.8) is 0 Å². The van der Waals surface area contributed by atoms with Gasteiger partial charge in [0.2, 0.25) is 0 Å². The molecule has 0 fully saturated rings. The third-order valence-electron chi connectivity index (χ3n) is 4.04. The highest BCUT2D eigenvalue weighted by atomic mass is 16.5. The average Bonchev–Trinajstić information content (AvgIpc) is 2.64. The molecule has 0 spiro atoms. The molecule has 0 aliphatic heterocycles. The molecule has 0 radical (unpaired) electrons. The first-order valence-electron chi connectivity index (χ1n) is 8.61. The van der Waals surface area contributed by atoms with Gasteiger partial charge in [0.25, 0.3) is 0 Å². The van der Waals surface area contributed by atoms with Crippen LogP contribution in [0.5, 0.6) is 5.75 Å². The molecule has 2 aromatic carbocycles. The van der Waals surface area contributed by atoms with Gasteiger partial charge < -0.3 is 20.7 Å². The molecular weight excluding hydrogens is 334 g/mol. The summed E-state index contributed by atoms with van der Waals surface area (Å²) >= 11 is 0. The number of rotatable bonds is 8. The van der Waals surface area contributed by atoms with Gasteiger partial charge in [0.05, 0.1) is 13.0 Å². The standard InChI is InChI=1S/C14H14O3.C6H13NO2/c1-9(14(15)16)10-3-4-12-8-13(17-2)6-5-11(12)7-10;7-5-3-1-2-4-6(8)9/h3-9H,1-2H3,(H,15,16);1-5,7H2,(H,8,9)/t9-;/m0./s1. The van der Waals surface area contributed by atoms with E-state index in [4.69, 9.17) is 20.7 Å². The number of aliphatic carboxylic acids is 2. The number of carbonyl (C=O) groups is 2. The van der Waals surface area contributed by atoms with Crippen LogP contribution in [0.3, 0.4) is 0 Å². The fraction of sp³-hybridized carbons (Fsp3) is 0.400. The van der Waals surface area contributed by atoms with Gasteiger partial charge in [-0.1, -0.05) is 30.7 Å². The highest BCUT2D eigenvalue weighted by Gasteiger charge is 2.13. The largest absolute Gasteiger partial charge is 0.497 e. The molecule has 6 nitrogen and oxygen atoms in total. The van der Waals surface area contributed by atoms with Crippen LogP contribution in [0.4, 0.5) is 0 Å². The second kappa shape index (κ2) is 11.1. The second-order valence-electron chi connectivity index (χ2n) is 6.03. The predicted molar refractivity (Wildman–Crippen MR) is 102 cm³/mol. The van der Waals surface area contributed by atoms with Gasteiger partial charge in [-0.2, -0.15) is 0 Å². The normalized spacial score (nSPS) is 11.3. The topological polar surface area (TPSA) is 110 Å². The summed E-state index contributed by atoms with van der Waals surface area (Å²) in [6, 6.07) is 11.4. The number of hydrogen-bond donors (Lipinski definition) is 3. The second-order valence-corrected chi connectivity index (χ2v) is 6.03. The monoisotopic (exact) mass is 361 g/mol. The summed E-state index contributed by atoms with van der Waals surface area (Å²) in [4.78, 5) is 20.8. The first kappa shape index (κ1) is 21.4. The number of methoxy groups -OCH3 is 1. The molecule has 142 valence electrons. The quantitative estimate of drug-likeness (QED) is 0.619. The van der Waals surface area contributed by atoms with Crippen molar-refractivity contribution in [2.45, 2.75) is 38.5 Å². The van der Waals surface area contributed by atoms with Crippen LogP contribution in [0.1, 0.15) is 44.1 Å². The first-order chi connectivity index (χ1) is 12.4. The summed E-state index contributed by atoms with van der Waals surface area (Å²) in [6.07, 6.45) is 2.91. The fourth-order valence-corrected chi connectivity index (χ4v) is 2.38. The number of nitrogens with two attached hydrogens (primary N) is 1. The van der Waals surface area contributed by atoms with Crippen molar-refractivity contribution in [1.29, 1.82) is 0 Å². The number of hydrogen-bond acceptors (Lipinski definition) is 4. The molecule has 0 aliphatic carbocycles. The Morgan fingerprint density at radius 1 is 1.04 bits per heavy atom. The van der Waals surface area contributed by atoms with E-state index in [-0.39, 0.29) is 6.42 Å². The van der Waals surface area contributed by atoms with Crippen LogP contribution in [0.25, 0.3) is 10.8 Å². The molecule has 0 unspecified atom stereocenters. The van der Waals surface area contributed by atoms with Crippen LogP contribution < -0.4 is 10.5 Å². The first-order valence-corrected chi connectivity index (χ1v) is 8.61. The summed E-state index contributed by atoms with van der Waals surface area (Å²) in [5, 5.41) is 19.2. The van der Waals surface area contributed by atoms with E-state index in [0.29, 0.717) is 6.54 Å². The molecule has 0 amide bonds. The molecule has 26 heavy (non-hydrogen) atoms. The van der Waals surface area contributed by atoms with Gasteiger partial charge in [0, 0.05) is 6.42 Å². The summed E-state index contributed by atoms with van der Waals surface area (Å²) in [5.41, 5.74) is 6.01. The van der Waals surface area contributed by atoms with E-state index < -0.39 is 17.9 Å². The molecule has 0 heterocycles. The summed E-state index contributed by atoms with van der Waals surface area (Å²) in [7, 11) is 1.63. The lowest BCUT2D eigenvalue weighted by molar-refractivity contribution is -0.138. The van der Waals surface area contributed by atoms with Crippen LogP contribution >= 0.6 is 0 Å². The lowest BCUT2D eigenvalue weighted by Crippen LogP contribution is -2.06. The molecule has 0 aliphatic rings. The minimum absolute atomic E-state index is 0.278. The molecular formula is C20H27NO5. The maximum Gasteiger partial charge on any atom is 0.310 e. The van der Waals surface area contributed by atoms with Gasteiger partial charge >= 0.3 is 11.9 Å². The Hall–Kier alpha value is -2.60. The van der Waals surface area contributed by atoms with Crippen molar-refractivity contribution in [2.24, 2.45) is 5.73 Å². The van der Waals surface area contributed by atoms with Crippen molar-refractivity contribution in [2.75, 3.05) is 13.7 Å². The smallest absolute Gasteiger partial charge is 0.310 e. The molecule has 2 aromatic rings. The Morgan fingerprint density at radius 3 is 2.27 bits per heavy atom. The third kappa shape index (κ3) is 7.11. The van der Waals surface area contributed by atoms with E-state index in [1.807, 2.05) is 36.4 Å². The van der Waals surface area contributed by atoms with E-state index >= 15 is 0 Å². The molecule has 0 saturated carbocycles. The molecule has 0 saturated heterocycles. The van der Waals surface area contributed by atoms with Gasteiger partial charge in [0.15, 0.2) is 0 Å². The number of unbranched alkanes of at least 4 members (excludes halogenated alkanes) is 2. The van der Waals surface area contributed by atoms with Crippen molar-refractivity contribution >= 4 is 22.7 Å². The summed E-state index contributed by atoms with van der Waals surface area (Å²) in [5.74, 6) is -1.21. The zero-order valence-electron chi connectivity index (χ0n) is 15.3. The van der Waals surface area contributed by atoms with Crippen molar-refractivity contribution < 1.29 is 24.5 Å². The van der Waals surface area contributed by atoms with Crippen LogP contribution in [0.2, 0.25) is 0 Å². The summed E-state index contributed by atoms with van der Waals surface area (Å²) < 4.78 is 5.14. The Labute approximate surface area is 153 Å². The lowest BCUT2D eigenvalue weighted by atomic mass is 9.98. The lowest BCUT2D eigenvalue weighted by Gasteiger charge is -2.08. The van der Waals surface area contributed by atoms with Crippen LogP contribution in [-0.4, -0.2) is 35.8 Å². The number of carboxylic acids is 2. The minimum atomic E-state index is -0.808. The van der Waals surface area contributed by atoms with Gasteiger partial charge in [0.1, 0.15) is 5.75 Å². The highest BCUT2D eigenvalue weighted by molar-refractivity contribution is 5.86. The Bertz CT molecular complexity index is 729. The average molecular weight is 361 g/mol.